The third kappa shape index (κ3) is 3.01. The number of benzene rings is 1. The van der Waals surface area contributed by atoms with Crippen LogP contribution in [0.2, 0.25) is 0 Å². The Morgan fingerprint density at radius 3 is 2.96 bits per heavy atom. The predicted octanol–water partition coefficient (Wildman–Crippen LogP) is 3.16. The van der Waals surface area contributed by atoms with Gasteiger partial charge in [0.15, 0.2) is 0 Å². The van der Waals surface area contributed by atoms with Crippen molar-refractivity contribution in [3.05, 3.63) is 40.2 Å². The van der Waals surface area contributed by atoms with E-state index in [-0.39, 0.29) is 24.4 Å². The van der Waals surface area contributed by atoms with Crippen LogP contribution < -0.4 is 0 Å². The summed E-state index contributed by atoms with van der Waals surface area (Å²) < 4.78 is 13.4. The molecule has 6 heteroatoms. The summed E-state index contributed by atoms with van der Waals surface area (Å²) in [5.41, 5.74) is 2.06. The summed E-state index contributed by atoms with van der Waals surface area (Å²) in [6, 6.07) is 4.75. The Labute approximate surface area is 138 Å². The van der Waals surface area contributed by atoms with Gasteiger partial charge in [-0.05, 0) is 50.5 Å². The Morgan fingerprint density at radius 2 is 2.26 bits per heavy atom. The minimum atomic E-state index is -0.249. The molecule has 1 atom stereocenters. The molecule has 0 unspecified atom stereocenters. The molecule has 2 heterocycles. The summed E-state index contributed by atoms with van der Waals surface area (Å²) in [6.45, 7) is 4.19. The number of carbonyl (C=O) groups is 1. The highest BCUT2D eigenvalue weighted by atomic mass is 32.1. The number of carbonyl (C=O) groups excluding carboxylic acids is 1. The fraction of sp³-hybridized carbons (Fsp3) is 0.412. The Kier molecular flexibility index (Phi) is 4.46. The Morgan fingerprint density at radius 1 is 1.48 bits per heavy atom. The molecule has 1 aliphatic rings. The third-order valence-electron chi connectivity index (χ3n) is 4.24. The molecule has 0 saturated carbocycles. The maximum Gasteiger partial charge on any atom is 0.266 e. The summed E-state index contributed by atoms with van der Waals surface area (Å²) in [5.74, 6) is -0.317. The van der Waals surface area contributed by atoms with Gasteiger partial charge in [-0.25, -0.2) is 9.37 Å². The van der Waals surface area contributed by atoms with Crippen molar-refractivity contribution in [2.24, 2.45) is 0 Å². The van der Waals surface area contributed by atoms with E-state index in [0.29, 0.717) is 27.7 Å². The minimum Gasteiger partial charge on any atom is -0.394 e. The number of amides is 1. The number of rotatable bonds is 3. The molecule has 0 aliphatic carbocycles. The number of aromatic nitrogens is 1. The second-order valence-corrected chi connectivity index (χ2v) is 6.87. The Balaban J connectivity index is 1.91. The maximum atomic E-state index is 13.4. The van der Waals surface area contributed by atoms with E-state index >= 15 is 0 Å². The summed E-state index contributed by atoms with van der Waals surface area (Å²) in [6.07, 6.45) is 1.75. The number of aliphatic hydroxyl groups is 1. The minimum absolute atomic E-state index is 0.00634. The van der Waals surface area contributed by atoms with E-state index in [1.807, 2.05) is 6.92 Å². The van der Waals surface area contributed by atoms with Crippen molar-refractivity contribution < 1.29 is 14.3 Å². The van der Waals surface area contributed by atoms with Crippen LogP contribution in [0, 0.1) is 19.7 Å². The molecular weight excluding hydrogens is 315 g/mol. The predicted molar refractivity (Wildman–Crippen MR) is 88.1 cm³/mol. The normalized spacial score (nSPS) is 17.7. The van der Waals surface area contributed by atoms with Crippen LogP contribution in [0.3, 0.4) is 0 Å². The smallest absolute Gasteiger partial charge is 0.266 e. The van der Waals surface area contributed by atoms with Crippen molar-refractivity contribution in [3.8, 4) is 10.6 Å². The highest BCUT2D eigenvalue weighted by molar-refractivity contribution is 7.17. The van der Waals surface area contributed by atoms with E-state index in [9.17, 15) is 14.3 Å². The molecule has 0 spiro atoms. The quantitative estimate of drug-likeness (QED) is 0.938. The van der Waals surface area contributed by atoms with Crippen LogP contribution in [0.5, 0.6) is 0 Å². The molecule has 1 aromatic carbocycles. The average Bonchev–Trinajstić information content (AvgIpc) is 3.15. The highest BCUT2D eigenvalue weighted by Gasteiger charge is 2.31. The van der Waals surface area contributed by atoms with Crippen LogP contribution >= 0.6 is 11.3 Å². The Hall–Kier alpha value is -1.79. The van der Waals surface area contributed by atoms with E-state index in [2.05, 4.69) is 4.98 Å². The number of aryl methyl sites for hydroxylation is 2. The van der Waals surface area contributed by atoms with E-state index in [0.717, 1.165) is 18.4 Å². The highest BCUT2D eigenvalue weighted by Crippen LogP contribution is 2.31. The topological polar surface area (TPSA) is 53.4 Å². The molecule has 1 aliphatic heterocycles. The second-order valence-electron chi connectivity index (χ2n) is 5.87. The molecule has 1 aromatic heterocycles. The third-order valence-corrected chi connectivity index (χ3v) is 5.44. The van der Waals surface area contributed by atoms with Gasteiger partial charge in [-0.2, -0.15) is 0 Å². The Bertz CT molecular complexity index is 744. The molecule has 3 rings (SSSR count). The summed E-state index contributed by atoms with van der Waals surface area (Å²) in [4.78, 5) is 19.5. The summed E-state index contributed by atoms with van der Waals surface area (Å²) >= 11 is 1.33. The van der Waals surface area contributed by atoms with Gasteiger partial charge in [-0.15, -0.1) is 11.3 Å². The average molecular weight is 334 g/mol. The molecule has 1 fully saturated rings. The summed E-state index contributed by atoms with van der Waals surface area (Å²) in [5, 5.41) is 10.1. The van der Waals surface area contributed by atoms with Crippen LogP contribution in [0.25, 0.3) is 10.6 Å². The van der Waals surface area contributed by atoms with Crippen LogP contribution in [0.4, 0.5) is 4.39 Å². The van der Waals surface area contributed by atoms with Gasteiger partial charge in [-0.3, -0.25) is 4.79 Å². The number of halogens is 1. The SMILES string of the molecule is Cc1cc(-c2nc(C)c(C(=O)N3CCC[C@H]3CO)s2)ccc1F. The van der Waals surface area contributed by atoms with Crippen molar-refractivity contribution in [1.29, 1.82) is 0 Å². The van der Waals surface area contributed by atoms with E-state index in [1.54, 1.807) is 24.0 Å². The number of nitrogens with zero attached hydrogens (tertiary/aromatic N) is 2. The largest absolute Gasteiger partial charge is 0.394 e. The van der Waals surface area contributed by atoms with Crippen LogP contribution in [-0.4, -0.2) is 40.1 Å². The lowest BCUT2D eigenvalue weighted by molar-refractivity contribution is 0.0681. The van der Waals surface area contributed by atoms with E-state index in [1.165, 1.54) is 17.4 Å². The molecule has 4 nitrogen and oxygen atoms in total. The van der Waals surface area contributed by atoms with Crippen molar-refractivity contribution in [2.75, 3.05) is 13.2 Å². The van der Waals surface area contributed by atoms with Gasteiger partial charge in [0.05, 0.1) is 18.3 Å². The molecule has 0 radical (unpaired) electrons. The van der Waals surface area contributed by atoms with Crippen molar-refractivity contribution in [1.82, 2.24) is 9.88 Å². The molecule has 0 bridgehead atoms. The standard InChI is InChI=1S/C17H19FN2O2S/c1-10-8-12(5-6-14(10)18)16-19-11(2)15(23-16)17(22)20-7-3-4-13(20)9-21/h5-6,8,13,21H,3-4,7,9H2,1-2H3/t13-/m0/s1. The zero-order chi connectivity index (χ0) is 16.6. The van der Waals surface area contributed by atoms with Crippen LogP contribution in [-0.2, 0) is 0 Å². The first-order valence-corrected chi connectivity index (χ1v) is 8.48. The lowest BCUT2D eigenvalue weighted by atomic mass is 10.1. The molecular formula is C17H19FN2O2S. The number of hydrogen-bond donors (Lipinski definition) is 1. The fourth-order valence-electron chi connectivity index (χ4n) is 2.92. The van der Waals surface area contributed by atoms with Gasteiger partial charge >= 0.3 is 0 Å². The van der Waals surface area contributed by atoms with Crippen LogP contribution in [0.1, 0.15) is 33.8 Å². The van der Waals surface area contributed by atoms with Crippen molar-refractivity contribution in [3.63, 3.8) is 0 Å². The first-order chi connectivity index (χ1) is 11.0. The maximum absolute atomic E-state index is 13.4. The van der Waals surface area contributed by atoms with Crippen molar-refractivity contribution in [2.45, 2.75) is 32.7 Å². The van der Waals surface area contributed by atoms with Gasteiger partial charge in [-0.1, -0.05) is 0 Å². The molecule has 1 amide bonds. The number of likely N-dealkylation sites (tertiary alicyclic amines) is 1. The fourth-order valence-corrected chi connectivity index (χ4v) is 3.94. The second kappa shape index (κ2) is 6.37. The molecule has 122 valence electrons. The number of thiazole rings is 1. The van der Waals surface area contributed by atoms with Gasteiger partial charge < -0.3 is 10.0 Å². The molecule has 1 saturated heterocycles. The lowest BCUT2D eigenvalue weighted by Gasteiger charge is -2.22. The van der Waals surface area contributed by atoms with Gasteiger partial charge in [0.1, 0.15) is 15.7 Å². The van der Waals surface area contributed by atoms with Gasteiger partial charge in [0.2, 0.25) is 0 Å². The first kappa shape index (κ1) is 16.1. The van der Waals surface area contributed by atoms with Gasteiger partial charge in [0.25, 0.3) is 5.91 Å². The molecule has 2 aromatic rings. The van der Waals surface area contributed by atoms with E-state index in [4.69, 9.17) is 0 Å². The van der Waals surface area contributed by atoms with Crippen molar-refractivity contribution >= 4 is 17.2 Å². The zero-order valence-corrected chi connectivity index (χ0v) is 14.0. The molecule has 23 heavy (non-hydrogen) atoms. The lowest BCUT2D eigenvalue weighted by Crippen LogP contribution is -2.37. The first-order valence-electron chi connectivity index (χ1n) is 7.67. The monoisotopic (exact) mass is 334 g/mol. The number of hydrogen-bond acceptors (Lipinski definition) is 4. The molecule has 1 N–H and O–H groups in total. The number of aliphatic hydroxyl groups excluding tert-OH is 1. The van der Waals surface area contributed by atoms with E-state index < -0.39 is 0 Å². The van der Waals surface area contributed by atoms with Crippen LogP contribution in [0.15, 0.2) is 18.2 Å². The zero-order valence-electron chi connectivity index (χ0n) is 13.2. The van der Waals surface area contributed by atoms with Gasteiger partial charge in [0, 0.05) is 12.1 Å². The summed E-state index contributed by atoms with van der Waals surface area (Å²) in [7, 11) is 0.